The molecule has 0 aliphatic carbocycles. The average Bonchev–Trinajstić information content (AvgIpc) is 3.45. The van der Waals surface area contributed by atoms with E-state index in [1.807, 2.05) is 24.3 Å². The van der Waals surface area contributed by atoms with E-state index < -0.39 is 6.03 Å². The fourth-order valence-electron chi connectivity index (χ4n) is 3.88. The number of halogens is 2. The summed E-state index contributed by atoms with van der Waals surface area (Å²) < 4.78 is 21.4. The molecular formula is C28H33Cl2N3O6. The van der Waals surface area contributed by atoms with Gasteiger partial charge in [-0.15, -0.1) is 0 Å². The van der Waals surface area contributed by atoms with Crippen LogP contribution in [0.1, 0.15) is 17.7 Å². The number of carbonyl (C=O) groups excluding carboxylic acids is 2. The Kier molecular flexibility index (Phi) is 11.8. The lowest BCUT2D eigenvalue weighted by molar-refractivity contribution is -0.132. The van der Waals surface area contributed by atoms with Gasteiger partial charge in [0.1, 0.15) is 12.3 Å². The van der Waals surface area contributed by atoms with Gasteiger partial charge in [-0.1, -0.05) is 29.3 Å². The number of methoxy groups -OCH3 is 3. The quantitative estimate of drug-likeness (QED) is 0.245. The van der Waals surface area contributed by atoms with Crippen LogP contribution in [0.3, 0.4) is 0 Å². The van der Waals surface area contributed by atoms with E-state index in [4.69, 9.17) is 41.8 Å². The minimum Gasteiger partial charge on any atom is -0.493 e. The van der Waals surface area contributed by atoms with Crippen molar-refractivity contribution in [3.63, 3.8) is 0 Å². The normalized spacial score (nSPS) is 10.7. The first-order chi connectivity index (χ1) is 18.8. The molecule has 0 atom stereocenters. The summed E-state index contributed by atoms with van der Waals surface area (Å²) in [4.78, 5) is 29.9. The van der Waals surface area contributed by atoms with Crippen molar-refractivity contribution in [1.82, 2.24) is 9.80 Å². The predicted molar refractivity (Wildman–Crippen MR) is 151 cm³/mol. The van der Waals surface area contributed by atoms with Gasteiger partial charge in [0.05, 0.1) is 37.7 Å². The van der Waals surface area contributed by atoms with Gasteiger partial charge in [0, 0.05) is 31.8 Å². The summed E-state index contributed by atoms with van der Waals surface area (Å²) in [5.74, 6) is 1.64. The molecule has 1 N–H and O–H groups in total. The van der Waals surface area contributed by atoms with Gasteiger partial charge in [-0.05, 0) is 60.9 Å². The van der Waals surface area contributed by atoms with Crippen molar-refractivity contribution in [2.75, 3.05) is 52.9 Å². The molecule has 2 aromatic carbocycles. The highest BCUT2D eigenvalue weighted by Crippen LogP contribution is 2.28. The maximum Gasteiger partial charge on any atom is 0.322 e. The summed E-state index contributed by atoms with van der Waals surface area (Å²) in [6.45, 7) is 1.25. The third kappa shape index (κ3) is 9.09. The summed E-state index contributed by atoms with van der Waals surface area (Å²) in [6, 6.07) is 13.5. The SMILES string of the molecule is COCCCN(CC(=O)N(CCc1ccc(OC)c(OC)c1)Cc1ccco1)C(=O)Nc1ccc(Cl)cc1Cl. The van der Waals surface area contributed by atoms with Gasteiger partial charge in [-0.3, -0.25) is 4.79 Å². The molecule has 0 spiro atoms. The minimum absolute atomic E-state index is 0.145. The van der Waals surface area contributed by atoms with E-state index in [1.165, 1.54) is 4.90 Å². The Morgan fingerprint density at radius 1 is 0.949 bits per heavy atom. The van der Waals surface area contributed by atoms with Crippen molar-refractivity contribution < 1.29 is 28.2 Å². The second-order valence-electron chi connectivity index (χ2n) is 8.66. The van der Waals surface area contributed by atoms with Crippen molar-refractivity contribution in [2.45, 2.75) is 19.4 Å². The van der Waals surface area contributed by atoms with E-state index in [2.05, 4.69) is 5.32 Å². The van der Waals surface area contributed by atoms with Crippen molar-refractivity contribution >= 4 is 40.8 Å². The highest BCUT2D eigenvalue weighted by atomic mass is 35.5. The molecule has 0 bridgehead atoms. The number of nitrogens with one attached hydrogen (secondary N) is 1. The smallest absolute Gasteiger partial charge is 0.322 e. The molecule has 0 unspecified atom stereocenters. The molecule has 39 heavy (non-hydrogen) atoms. The zero-order valence-corrected chi connectivity index (χ0v) is 23.8. The summed E-state index contributed by atoms with van der Waals surface area (Å²) in [7, 11) is 4.74. The molecule has 1 heterocycles. The Morgan fingerprint density at radius 2 is 1.74 bits per heavy atom. The third-order valence-electron chi connectivity index (χ3n) is 5.96. The maximum absolute atomic E-state index is 13.6. The molecule has 0 saturated carbocycles. The molecule has 0 saturated heterocycles. The highest BCUT2D eigenvalue weighted by Gasteiger charge is 2.23. The van der Waals surface area contributed by atoms with Gasteiger partial charge in [-0.25, -0.2) is 4.79 Å². The molecule has 3 aromatic rings. The van der Waals surface area contributed by atoms with Gasteiger partial charge in [0.15, 0.2) is 11.5 Å². The Bertz CT molecular complexity index is 1220. The first kappa shape index (κ1) is 30.1. The average molecular weight is 578 g/mol. The van der Waals surface area contributed by atoms with Crippen LogP contribution in [0.2, 0.25) is 10.0 Å². The highest BCUT2D eigenvalue weighted by molar-refractivity contribution is 6.36. The van der Waals surface area contributed by atoms with Gasteiger partial charge >= 0.3 is 6.03 Å². The largest absolute Gasteiger partial charge is 0.493 e. The number of nitrogens with zero attached hydrogens (tertiary/aromatic N) is 2. The summed E-state index contributed by atoms with van der Waals surface area (Å²) in [5.41, 5.74) is 1.37. The van der Waals surface area contributed by atoms with E-state index in [0.29, 0.717) is 65.5 Å². The lowest BCUT2D eigenvalue weighted by Crippen LogP contribution is -2.45. The van der Waals surface area contributed by atoms with Crippen molar-refractivity contribution in [1.29, 1.82) is 0 Å². The van der Waals surface area contributed by atoms with Crippen LogP contribution in [0, 0.1) is 0 Å². The number of hydrogen-bond acceptors (Lipinski definition) is 6. The molecular weight excluding hydrogens is 545 g/mol. The van der Waals surface area contributed by atoms with Gasteiger partial charge in [0.25, 0.3) is 0 Å². The van der Waals surface area contributed by atoms with Crippen LogP contribution in [-0.4, -0.2) is 69.3 Å². The first-order valence-corrected chi connectivity index (χ1v) is 13.1. The Hall–Kier alpha value is -3.40. The van der Waals surface area contributed by atoms with Gasteiger partial charge in [0.2, 0.25) is 5.91 Å². The molecule has 9 nitrogen and oxygen atoms in total. The summed E-state index contributed by atoms with van der Waals surface area (Å²) in [5, 5.41) is 3.53. The van der Waals surface area contributed by atoms with E-state index in [1.54, 1.807) is 56.8 Å². The number of hydrogen-bond donors (Lipinski definition) is 1. The molecule has 0 aliphatic heterocycles. The van der Waals surface area contributed by atoms with Crippen LogP contribution in [0.25, 0.3) is 0 Å². The molecule has 0 radical (unpaired) electrons. The zero-order chi connectivity index (χ0) is 28.2. The second-order valence-corrected chi connectivity index (χ2v) is 9.50. The third-order valence-corrected chi connectivity index (χ3v) is 6.51. The summed E-state index contributed by atoms with van der Waals surface area (Å²) in [6.07, 6.45) is 2.67. The van der Waals surface area contributed by atoms with Gasteiger partial charge < -0.3 is 33.7 Å². The first-order valence-electron chi connectivity index (χ1n) is 12.4. The van der Waals surface area contributed by atoms with Gasteiger partial charge in [-0.2, -0.15) is 0 Å². The van der Waals surface area contributed by atoms with E-state index in [-0.39, 0.29) is 19.0 Å². The minimum atomic E-state index is -0.457. The van der Waals surface area contributed by atoms with E-state index >= 15 is 0 Å². The maximum atomic E-state index is 13.6. The lowest BCUT2D eigenvalue weighted by Gasteiger charge is -2.28. The second kappa shape index (κ2) is 15.3. The number of carbonyl (C=O) groups is 2. The predicted octanol–water partition coefficient (Wildman–Crippen LogP) is 5.75. The van der Waals surface area contributed by atoms with Crippen molar-refractivity contribution in [3.05, 3.63) is 76.2 Å². The molecule has 11 heteroatoms. The molecule has 0 fully saturated rings. The van der Waals surface area contributed by atoms with Crippen molar-refractivity contribution in [3.8, 4) is 11.5 Å². The van der Waals surface area contributed by atoms with Crippen molar-refractivity contribution in [2.24, 2.45) is 0 Å². The van der Waals surface area contributed by atoms with Crippen LogP contribution in [0.15, 0.2) is 59.2 Å². The number of anilines is 1. The fourth-order valence-corrected chi connectivity index (χ4v) is 4.34. The van der Waals surface area contributed by atoms with Crippen LogP contribution in [0.5, 0.6) is 11.5 Å². The topological polar surface area (TPSA) is 93.5 Å². The molecule has 210 valence electrons. The number of benzene rings is 2. The van der Waals surface area contributed by atoms with Crippen LogP contribution in [0.4, 0.5) is 10.5 Å². The Balaban J connectivity index is 1.75. The standard InChI is InChI=1S/C28H33Cl2N3O6/c1-36-14-5-12-33(28(35)31-24-9-8-21(29)17-23(24)30)19-27(34)32(18-22-6-4-15-39-22)13-11-20-7-10-25(37-2)26(16-20)38-3/h4,6-10,15-17H,5,11-14,18-19H2,1-3H3,(H,31,35). The molecule has 3 amide bonds. The number of rotatable bonds is 14. The van der Waals surface area contributed by atoms with E-state index in [0.717, 1.165) is 5.56 Å². The Morgan fingerprint density at radius 3 is 2.41 bits per heavy atom. The van der Waals surface area contributed by atoms with E-state index in [9.17, 15) is 9.59 Å². The molecule has 0 aliphatic rings. The number of amides is 3. The van der Waals surface area contributed by atoms with Crippen LogP contribution >= 0.6 is 23.2 Å². The number of furan rings is 1. The number of ether oxygens (including phenoxy) is 3. The fraction of sp³-hybridized carbons (Fsp3) is 0.357. The molecule has 1 aromatic heterocycles. The van der Waals surface area contributed by atoms with Crippen LogP contribution in [-0.2, 0) is 22.5 Å². The lowest BCUT2D eigenvalue weighted by atomic mass is 10.1. The number of urea groups is 1. The molecule has 3 rings (SSSR count). The Labute approximate surface area is 238 Å². The zero-order valence-electron chi connectivity index (χ0n) is 22.2. The summed E-state index contributed by atoms with van der Waals surface area (Å²) >= 11 is 12.2. The van der Waals surface area contributed by atoms with Crippen LogP contribution < -0.4 is 14.8 Å². The monoisotopic (exact) mass is 577 g/mol.